The zero-order valence-electron chi connectivity index (χ0n) is 8.73. The second-order valence-corrected chi connectivity index (χ2v) is 3.30. The van der Waals surface area contributed by atoms with Crippen LogP contribution in [0.5, 0.6) is 11.5 Å². The molecular formula is C11H14O4. The van der Waals surface area contributed by atoms with Gasteiger partial charge in [0.25, 0.3) is 0 Å². The van der Waals surface area contributed by atoms with Gasteiger partial charge in [-0.15, -0.1) is 0 Å². The number of aromatic hydroxyl groups is 2. The van der Waals surface area contributed by atoms with Crippen LogP contribution in [-0.2, 0) is 4.74 Å². The quantitative estimate of drug-likeness (QED) is 0.749. The molecule has 0 bridgehead atoms. The maximum Gasteiger partial charge on any atom is 0.346 e. The topological polar surface area (TPSA) is 66.8 Å². The van der Waals surface area contributed by atoms with Gasteiger partial charge in [-0.2, -0.15) is 0 Å². The number of ether oxygens (including phenoxy) is 1. The number of hydrogen-bond donors (Lipinski definition) is 2. The molecule has 1 rings (SSSR count). The van der Waals surface area contributed by atoms with Gasteiger partial charge in [-0.05, 0) is 25.5 Å². The zero-order valence-corrected chi connectivity index (χ0v) is 8.73. The molecule has 82 valence electrons. The minimum Gasteiger partial charge on any atom is -0.507 e. The third-order valence-electron chi connectivity index (χ3n) is 2.11. The van der Waals surface area contributed by atoms with Crippen molar-refractivity contribution < 1.29 is 19.7 Å². The summed E-state index contributed by atoms with van der Waals surface area (Å²) in [6.45, 7) is 3.62. The average Bonchev–Trinajstić information content (AvgIpc) is 2.17. The molecule has 0 spiro atoms. The second-order valence-electron chi connectivity index (χ2n) is 3.30. The summed E-state index contributed by atoms with van der Waals surface area (Å²) in [5.74, 6) is -1.26. The number of benzene rings is 1. The molecule has 0 amide bonds. The van der Waals surface area contributed by atoms with Crippen LogP contribution < -0.4 is 0 Å². The van der Waals surface area contributed by atoms with Crippen LogP contribution in [-0.4, -0.2) is 22.3 Å². The highest BCUT2D eigenvalue weighted by Gasteiger charge is 2.18. The fraction of sp³-hybridized carbons (Fsp3) is 0.364. The van der Waals surface area contributed by atoms with Crippen molar-refractivity contribution in [3.63, 3.8) is 0 Å². The number of esters is 1. The summed E-state index contributed by atoms with van der Waals surface area (Å²) in [5, 5.41) is 18.8. The van der Waals surface area contributed by atoms with Crippen LogP contribution in [0.4, 0.5) is 0 Å². The standard InChI is InChI=1S/C11H14O4/c1-3-7(2)15-11(14)10-8(12)5-4-6-9(10)13/h4-7,12-13H,3H2,1-2H3. The first-order chi connectivity index (χ1) is 7.06. The lowest BCUT2D eigenvalue weighted by Crippen LogP contribution is -2.14. The molecule has 0 aliphatic heterocycles. The highest BCUT2D eigenvalue weighted by molar-refractivity contribution is 5.95. The smallest absolute Gasteiger partial charge is 0.346 e. The normalized spacial score (nSPS) is 12.1. The fourth-order valence-corrected chi connectivity index (χ4v) is 1.06. The van der Waals surface area contributed by atoms with E-state index in [1.807, 2.05) is 6.92 Å². The number of hydrogen-bond acceptors (Lipinski definition) is 4. The molecule has 0 fully saturated rings. The molecule has 4 nitrogen and oxygen atoms in total. The number of rotatable bonds is 3. The predicted octanol–water partition coefficient (Wildman–Crippen LogP) is 2.05. The lowest BCUT2D eigenvalue weighted by molar-refractivity contribution is 0.0328. The van der Waals surface area contributed by atoms with Gasteiger partial charge in [0, 0.05) is 0 Å². The van der Waals surface area contributed by atoms with Crippen molar-refractivity contribution in [2.75, 3.05) is 0 Å². The van der Waals surface area contributed by atoms with Gasteiger partial charge < -0.3 is 14.9 Å². The molecule has 0 aliphatic rings. The zero-order chi connectivity index (χ0) is 11.4. The highest BCUT2D eigenvalue weighted by atomic mass is 16.5. The van der Waals surface area contributed by atoms with Gasteiger partial charge in [0.1, 0.15) is 17.1 Å². The average molecular weight is 210 g/mol. The van der Waals surface area contributed by atoms with Crippen molar-refractivity contribution in [2.45, 2.75) is 26.4 Å². The summed E-state index contributed by atoms with van der Waals surface area (Å²) < 4.78 is 4.99. The summed E-state index contributed by atoms with van der Waals surface area (Å²) in [6.07, 6.45) is 0.441. The van der Waals surface area contributed by atoms with E-state index in [-0.39, 0.29) is 23.2 Å². The minimum atomic E-state index is -0.708. The lowest BCUT2D eigenvalue weighted by Gasteiger charge is -2.12. The molecule has 1 aromatic carbocycles. The van der Waals surface area contributed by atoms with E-state index in [4.69, 9.17) is 4.74 Å². The van der Waals surface area contributed by atoms with Crippen LogP contribution in [0.15, 0.2) is 18.2 Å². The molecule has 0 aliphatic carbocycles. The van der Waals surface area contributed by atoms with Gasteiger partial charge in [0.15, 0.2) is 0 Å². The first-order valence-corrected chi connectivity index (χ1v) is 4.78. The molecule has 0 saturated carbocycles. The number of carbonyl (C=O) groups excluding carboxylic acids is 1. The number of phenols is 2. The van der Waals surface area contributed by atoms with E-state index in [2.05, 4.69) is 0 Å². The van der Waals surface area contributed by atoms with Crippen LogP contribution in [0.25, 0.3) is 0 Å². The van der Waals surface area contributed by atoms with E-state index >= 15 is 0 Å². The Labute approximate surface area is 88.1 Å². The van der Waals surface area contributed by atoms with Crippen molar-refractivity contribution in [3.05, 3.63) is 23.8 Å². The third kappa shape index (κ3) is 2.62. The van der Waals surface area contributed by atoms with Gasteiger partial charge in [-0.1, -0.05) is 13.0 Å². The van der Waals surface area contributed by atoms with Gasteiger partial charge >= 0.3 is 5.97 Å². The van der Waals surface area contributed by atoms with Crippen molar-refractivity contribution in [2.24, 2.45) is 0 Å². The Morgan fingerprint density at radius 1 is 1.40 bits per heavy atom. The van der Waals surface area contributed by atoms with Gasteiger partial charge in [-0.3, -0.25) is 0 Å². The Bertz CT molecular complexity index is 339. The van der Waals surface area contributed by atoms with Gasteiger partial charge in [0.05, 0.1) is 6.10 Å². The van der Waals surface area contributed by atoms with Crippen LogP contribution in [0, 0.1) is 0 Å². The first kappa shape index (κ1) is 11.4. The first-order valence-electron chi connectivity index (χ1n) is 4.78. The molecule has 15 heavy (non-hydrogen) atoms. The molecule has 4 heteroatoms. The highest BCUT2D eigenvalue weighted by Crippen LogP contribution is 2.27. The Hall–Kier alpha value is -1.71. The molecule has 0 radical (unpaired) electrons. The maximum absolute atomic E-state index is 11.5. The van der Waals surface area contributed by atoms with Crippen LogP contribution >= 0.6 is 0 Å². The minimum absolute atomic E-state index is 0.183. The Morgan fingerprint density at radius 2 is 1.93 bits per heavy atom. The Kier molecular flexibility index (Phi) is 3.55. The molecule has 1 atom stereocenters. The monoisotopic (exact) mass is 210 g/mol. The van der Waals surface area contributed by atoms with Crippen LogP contribution in [0.2, 0.25) is 0 Å². The van der Waals surface area contributed by atoms with Crippen molar-refractivity contribution >= 4 is 5.97 Å². The summed E-state index contributed by atoms with van der Waals surface area (Å²) in [6, 6.07) is 4.10. The van der Waals surface area contributed by atoms with E-state index in [1.165, 1.54) is 18.2 Å². The lowest BCUT2D eigenvalue weighted by atomic mass is 10.2. The molecule has 1 aromatic rings. The number of phenolic OH excluding ortho intramolecular Hbond substituents is 2. The third-order valence-corrected chi connectivity index (χ3v) is 2.11. The fourth-order valence-electron chi connectivity index (χ4n) is 1.06. The van der Waals surface area contributed by atoms with E-state index in [9.17, 15) is 15.0 Å². The van der Waals surface area contributed by atoms with Crippen molar-refractivity contribution in [1.82, 2.24) is 0 Å². The summed E-state index contributed by atoms with van der Waals surface area (Å²) in [7, 11) is 0. The molecule has 0 heterocycles. The molecule has 0 aromatic heterocycles. The van der Waals surface area contributed by atoms with Crippen molar-refractivity contribution in [3.8, 4) is 11.5 Å². The number of carbonyl (C=O) groups is 1. The molecule has 1 unspecified atom stereocenters. The van der Waals surface area contributed by atoms with Gasteiger partial charge in [-0.25, -0.2) is 4.79 Å². The SMILES string of the molecule is CCC(C)OC(=O)c1c(O)cccc1O. The van der Waals surface area contributed by atoms with E-state index in [0.29, 0.717) is 6.42 Å². The van der Waals surface area contributed by atoms with E-state index in [0.717, 1.165) is 0 Å². The molecule has 2 N–H and O–H groups in total. The Morgan fingerprint density at radius 3 is 2.40 bits per heavy atom. The second kappa shape index (κ2) is 4.68. The van der Waals surface area contributed by atoms with Crippen molar-refractivity contribution in [1.29, 1.82) is 0 Å². The molecule has 0 saturated heterocycles. The van der Waals surface area contributed by atoms with Crippen LogP contribution in [0.3, 0.4) is 0 Å². The maximum atomic E-state index is 11.5. The Balaban J connectivity index is 2.91. The van der Waals surface area contributed by atoms with E-state index < -0.39 is 5.97 Å². The van der Waals surface area contributed by atoms with E-state index in [1.54, 1.807) is 6.92 Å². The van der Waals surface area contributed by atoms with Crippen LogP contribution in [0.1, 0.15) is 30.6 Å². The summed E-state index contributed by atoms with van der Waals surface area (Å²) >= 11 is 0. The summed E-state index contributed by atoms with van der Waals surface area (Å²) in [4.78, 5) is 11.5. The largest absolute Gasteiger partial charge is 0.507 e. The summed E-state index contributed by atoms with van der Waals surface area (Å²) in [5.41, 5.74) is -0.183. The molecular weight excluding hydrogens is 196 g/mol. The van der Waals surface area contributed by atoms with Gasteiger partial charge in [0.2, 0.25) is 0 Å². The predicted molar refractivity (Wildman–Crippen MR) is 54.9 cm³/mol.